The second kappa shape index (κ2) is 103. The molecule has 0 aliphatic rings. The van der Waals surface area contributed by atoms with Crippen molar-refractivity contribution in [3.8, 4) is 0 Å². The second-order valence-corrected chi connectivity index (χ2v) is 0. The van der Waals surface area contributed by atoms with Crippen LogP contribution in [0.25, 0.3) is 0 Å². The largest absolute Gasteiger partial charge is 5.00 e. The van der Waals surface area contributed by atoms with Gasteiger partial charge in [-0.2, -0.15) is 0 Å². The van der Waals surface area contributed by atoms with E-state index in [2.05, 4.69) is 0 Å². The minimum Gasteiger partial charge on any atom is -0.512 e. The van der Waals surface area contributed by atoms with Crippen LogP contribution in [0.5, 0.6) is 0 Å². The maximum atomic E-state index is 6.25. The molecule has 11 heavy (non-hydrogen) atoms. The van der Waals surface area contributed by atoms with Crippen molar-refractivity contribution in [2.24, 2.45) is 0 Å². The quantitative estimate of drug-likeness (QED) is 0.503. The molecule has 0 aromatic rings. The maximum absolute atomic E-state index is 6.25. The normalized spacial score (nSPS) is 0.909. The van der Waals surface area contributed by atoms with Crippen LogP contribution in [0, 0.1) is 59.2 Å². The summed E-state index contributed by atoms with van der Waals surface area (Å²) in [5.41, 5.74) is 0. The molecule has 0 aliphatic heterocycles. The average Bonchev–Trinajstić information content (AvgIpc) is 2.20. The fraction of sp³-hybridized carbons (Fsp3) is 0. The van der Waals surface area contributed by atoms with E-state index in [1.165, 1.54) is 0 Å². The summed E-state index contributed by atoms with van der Waals surface area (Å²) in [6.45, 7) is 23.8. The van der Waals surface area contributed by atoms with Crippen LogP contribution in [0.1, 0.15) is 0 Å². The molecule has 0 N–H and O–H groups in total. The molecule has 0 amide bonds. The summed E-state index contributed by atoms with van der Waals surface area (Å²) < 4.78 is 0. The Morgan fingerprint density at radius 1 is 0.364 bits per heavy atom. The summed E-state index contributed by atoms with van der Waals surface area (Å²) in [6, 6.07) is 0. The van der Waals surface area contributed by atoms with Crippen LogP contribution >= 0.6 is 0 Å². The Hall–Kier alpha value is -1.97. The van der Waals surface area contributed by atoms with Gasteiger partial charge >= 0.3 is 18.6 Å². The van der Waals surface area contributed by atoms with E-state index in [1.54, 1.807) is 0 Å². The van der Waals surface area contributed by atoms with Gasteiger partial charge in [0.15, 0.2) is 0 Å². The molecule has 0 spiro atoms. The molecule has 0 atom stereocenters. The SMILES string of the molecule is [C-]#N.[C-]#N.[C-]#N.[C-]#N.[C-]#N.[V+5]. The van der Waals surface area contributed by atoms with Gasteiger partial charge in [-0.25, -0.2) is 0 Å². The second-order valence-electron chi connectivity index (χ2n) is 0. The zero-order chi connectivity index (χ0) is 10.0. The minimum absolute atomic E-state index is 0. The molecule has 0 saturated carbocycles. The van der Waals surface area contributed by atoms with Crippen LogP contribution in [0.2, 0.25) is 0 Å². The summed E-state index contributed by atoms with van der Waals surface area (Å²) in [5.74, 6) is 0. The third-order valence-corrected chi connectivity index (χ3v) is 0. The molecule has 0 unspecified atom stereocenters. The fourth-order valence-corrected chi connectivity index (χ4v) is 0. The van der Waals surface area contributed by atoms with E-state index < -0.39 is 0 Å². The maximum Gasteiger partial charge on any atom is 5.00 e. The molecule has 0 aromatic heterocycles. The van der Waals surface area contributed by atoms with Crippen molar-refractivity contribution in [1.82, 2.24) is 0 Å². The Morgan fingerprint density at radius 2 is 0.364 bits per heavy atom. The summed E-state index contributed by atoms with van der Waals surface area (Å²) >= 11 is 0. The van der Waals surface area contributed by atoms with Crippen LogP contribution in [0.15, 0.2) is 0 Å². The monoisotopic (exact) mass is 181 g/mol. The van der Waals surface area contributed by atoms with E-state index in [9.17, 15) is 0 Å². The average molecular weight is 181 g/mol. The Kier molecular flexibility index (Phi) is 593. The van der Waals surface area contributed by atoms with Crippen LogP contribution in [0.3, 0.4) is 0 Å². The topological polar surface area (TPSA) is 119 Å². The van der Waals surface area contributed by atoms with Crippen molar-refractivity contribution in [2.45, 2.75) is 0 Å². The van der Waals surface area contributed by atoms with Crippen molar-refractivity contribution < 1.29 is 18.6 Å². The molecule has 6 heteroatoms. The Labute approximate surface area is 78.2 Å². The van der Waals surface area contributed by atoms with Crippen molar-refractivity contribution in [1.29, 1.82) is 26.3 Å². The molecule has 0 rings (SSSR count). The van der Waals surface area contributed by atoms with E-state index in [0.29, 0.717) is 0 Å². The van der Waals surface area contributed by atoms with Gasteiger partial charge in [-0.05, 0) is 0 Å². The summed E-state index contributed by atoms with van der Waals surface area (Å²) in [5, 5.41) is 31.2. The minimum atomic E-state index is 0. The van der Waals surface area contributed by atoms with Crippen LogP contribution in [-0.2, 0) is 18.6 Å². The molecule has 5 nitrogen and oxygen atoms in total. The molecular formula is C5N5V. The number of rotatable bonds is 0. The first-order chi connectivity index (χ1) is 5.00. The summed E-state index contributed by atoms with van der Waals surface area (Å²) in [7, 11) is 0. The van der Waals surface area contributed by atoms with Crippen molar-refractivity contribution >= 4 is 0 Å². The molecule has 0 aliphatic carbocycles. The molecular weight excluding hydrogens is 181 g/mol. The first kappa shape index (κ1) is 63.3. The zero-order valence-electron chi connectivity index (χ0n) is 5.18. The standard InChI is InChI=1S/5CN.V/c5*1-2;/q5*-1;+5. The van der Waals surface area contributed by atoms with E-state index in [-0.39, 0.29) is 18.6 Å². The summed E-state index contributed by atoms with van der Waals surface area (Å²) in [6.07, 6.45) is 0. The fourth-order valence-electron chi connectivity index (χ4n) is 0. The van der Waals surface area contributed by atoms with Gasteiger partial charge in [0.25, 0.3) is 0 Å². The molecule has 0 aromatic carbocycles. The predicted octanol–water partition coefficient (Wildman–Crippen LogP) is 0.479. The molecule has 50 valence electrons. The van der Waals surface area contributed by atoms with Gasteiger partial charge in [-0.15, -0.1) is 0 Å². The van der Waals surface area contributed by atoms with E-state index in [1.807, 2.05) is 0 Å². The Morgan fingerprint density at radius 3 is 0.364 bits per heavy atom. The molecule has 0 saturated heterocycles. The Bertz CT molecular complexity index is 73.4. The van der Waals surface area contributed by atoms with Crippen LogP contribution in [-0.4, -0.2) is 0 Å². The first-order valence-electron chi connectivity index (χ1n) is 1.12. The van der Waals surface area contributed by atoms with Gasteiger partial charge < -0.3 is 59.2 Å². The van der Waals surface area contributed by atoms with E-state index >= 15 is 0 Å². The third kappa shape index (κ3) is 75.7. The predicted molar refractivity (Wildman–Crippen MR) is 24.8 cm³/mol. The van der Waals surface area contributed by atoms with Gasteiger partial charge in [0.2, 0.25) is 0 Å². The zero-order valence-corrected chi connectivity index (χ0v) is 6.58. The van der Waals surface area contributed by atoms with Crippen molar-refractivity contribution in [3.63, 3.8) is 0 Å². The van der Waals surface area contributed by atoms with Gasteiger partial charge in [0, 0.05) is 0 Å². The smallest absolute Gasteiger partial charge is 0.512 e. The number of hydrogen-bond donors (Lipinski definition) is 0. The van der Waals surface area contributed by atoms with Crippen LogP contribution < -0.4 is 0 Å². The molecule has 0 radical (unpaired) electrons. The van der Waals surface area contributed by atoms with E-state index in [4.69, 9.17) is 59.2 Å². The van der Waals surface area contributed by atoms with Gasteiger partial charge in [-0.3, -0.25) is 0 Å². The molecule has 0 bridgehead atoms. The summed E-state index contributed by atoms with van der Waals surface area (Å²) in [4.78, 5) is 0. The molecule has 0 fully saturated rings. The van der Waals surface area contributed by atoms with Gasteiger partial charge in [-0.1, -0.05) is 0 Å². The number of nitrogens with zero attached hydrogens (tertiary/aromatic N) is 5. The number of hydrogen-bond acceptors (Lipinski definition) is 5. The first-order valence-corrected chi connectivity index (χ1v) is 1.12. The third-order valence-electron chi connectivity index (χ3n) is 0. The van der Waals surface area contributed by atoms with E-state index in [0.717, 1.165) is 0 Å². The molecule has 0 heterocycles. The Balaban J connectivity index is -0.00000000694. The van der Waals surface area contributed by atoms with Gasteiger partial charge in [0.05, 0.1) is 0 Å². The van der Waals surface area contributed by atoms with Gasteiger partial charge in [0.1, 0.15) is 0 Å². The van der Waals surface area contributed by atoms with Crippen molar-refractivity contribution in [3.05, 3.63) is 32.9 Å². The van der Waals surface area contributed by atoms with Crippen LogP contribution in [0.4, 0.5) is 0 Å². The van der Waals surface area contributed by atoms with Crippen molar-refractivity contribution in [2.75, 3.05) is 0 Å².